The summed E-state index contributed by atoms with van der Waals surface area (Å²) in [5, 5.41) is 4.18. The number of carbonyl (C=O) groups is 1. The van der Waals surface area contributed by atoms with Crippen molar-refractivity contribution in [3.8, 4) is 0 Å². The molecule has 2 heterocycles. The molecule has 0 atom stereocenters. The SMILES string of the molecule is CCN(Cc1ccccn1)C(=O)c1c(N)c(C)nn1C. The smallest absolute Gasteiger partial charge is 0.274 e. The highest BCUT2D eigenvalue weighted by Crippen LogP contribution is 2.18. The first-order valence-corrected chi connectivity index (χ1v) is 6.52. The van der Waals surface area contributed by atoms with Gasteiger partial charge in [0.05, 0.1) is 23.6 Å². The minimum atomic E-state index is -0.126. The molecular weight excluding hydrogens is 254 g/mol. The molecule has 6 heteroatoms. The van der Waals surface area contributed by atoms with Gasteiger partial charge in [0.1, 0.15) is 5.69 Å². The van der Waals surface area contributed by atoms with E-state index in [1.807, 2.05) is 25.1 Å². The van der Waals surface area contributed by atoms with Crippen molar-refractivity contribution in [2.75, 3.05) is 12.3 Å². The number of carbonyl (C=O) groups excluding carboxylic acids is 1. The second-order valence-electron chi connectivity index (χ2n) is 4.61. The summed E-state index contributed by atoms with van der Waals surface area (Å²) in [6.07, 6.45) is 1.72. The van der Waals surface area contributed by atoms with E-state index >= 15 is 0 Å². The molecule has 0 aromatic carbocycles. The van der Waals surface area contributed by atoms with Crippen molar-refractivity contribution in [2.24, 2.45) is 7.05 Å². The number of hydrogen-bond acceptors (Lipinski definition) is 4. The van der Waals surface area contributed by atoms with Gasteiger partial charge in [-0.15, -0.1) is 0 Å². The number of nitrogens with zero attached hydrogens (tertiary/aromatic N) is 4. The largest absolute Gasteiger partial charge is 0.395 e. The Morgan fingerprint density at radius 3 is 2.70 bits per heavy atom. The first-order chi connectivity index (χ1) is 9.54. The van der Waals surface area contributed by atoms with Gasteiger partial charge < -0.3 is 10.6 Å². The number of nitrogen functional groups attached to an aromatic ring is 1. The van der Waals surface area contributed by atoms with Crippen LogP contribution in [0.25, 0.3) is 0 Å². The zero-order chi connectivity index (χ0) is 14.7. The molecule has 0 saturated carbocycles. The van der Waals surface area contributed by atoms with Crippen LogP contribution in [0.4, 0.5) is 5.69 Å². The van der Waals surface area contributed by atoms with Crippen LogP contribution in [-0.4, -0.2) is 32.1 Å². The van der Waals surface area contributed by atoms with Crippen LogP contribution in [0.2, 0.25) is 0 Å². The van der Waals surface area contributed by atoms with Crippen LogP contribution in [0, 0.1) is 6.92 Å². The van der Waals surface area contributed by atoms with Gasteiger partial charge in [-0.1, -0.05) is 6.07 Å². The fourth-order valence-corrected chi connectivity index (χ4v) is 2.09. The van der Waals surface area contributed by atoms with Gasteiger partial charge in [0.25, 0.3) is 5.91 Å². The highest BCUT2D eigenvalue weighted by molar-refractivity contribution is 5.97. The van der Waals surface area contributed by atoms with Crippen LogP contribution in [-0.2, 0) is 13.6 Å². The average Bonchev–Trinajstić information content (AvgIpc) is 2.70. The Labute approximate surface area is 118 Å². The summed E-state index contributed by atoms with van der Waals surface area (Å²) in [5.41, 5.74) is 8.33. The predicted octanol–water partition coefficient (Wildman–Crippen LogP) is 1.37. The van der Waals surface area contributed by atoms with Crippen molar-refractivity contribution >= 4 is 11.6 Å². The summed E-state index contributed by atoms with van der Waals surface area (Å²) < 4.78 is 1.54. The van der Waals surface area contributed by atoms with Crippen molar-refractivity contribution in [1.29, 1.82) is 0 Å². The minimum Gasteiger partial charge on any atom is -0.395 e. The molecule has 2 aromatic heterocycles. The summed E-state index contributed by atoms with van der Waals surface area (Å²) in [6, 6.07) is 5.65. The molecular formula is C14H19N5O. The summed E-state index contributed by atoms with van der Waals surface area (Å²) in [6.45, 7) is 4.76. The predicted molar refractivity (Wildman–Crippen MR) is 77.0 cm³/mol. The zero-order valence-corrected chi connectivity index (χ0v) is 12.0. The lowest BCUT2D eigenvalue weighted by atomic mass is 10.2. The number of pyridine rings is 1. The maximum Gasteiger partial charge on any atom is 0.274 e. The maximum absolute atomic E-state index is 12.6. The van der Waals surface area contributed by atoms with Crippen LogP contribution in [0.3, 0.4) is 0 Å². The summed E-state index contributed by atoms with van der Waals surface area (Å²) in [4.78, 5) is 18.5. The molecule has 0 aliphatic rings. The number of anilines is 1. The van der Waals surface area contributed by atoms with Gasteiger partial charge in [-0.05, 0) is 26.0 Å². The van der Waals surface area contributed by atoms with Crippen molar-refractivity contribution < 1.29 is 4.79 Å². The second-order valence-corrected chi connectivity index (χ2v) is 4.61. The number of amides is 1. The Bertz CT molecular complexity index is 606. The summed E-state index contributed by atoms with van der Waals surface area (Å²) >= 11 is 0. The molecule has 0 aliphatic heterocycles. The van der Waals surface area contributed by atoms with Crippen LogP contribution in [0.1, 0.15) is 28.8 Å². The van der Waals surface area contributed by atoms with Crippen molar-refractivity contribution in [3.05, 3.63) is 41.5 Å². The van der Waals surface area contributed by atoms with Crippen molar-refractivity contribution in [1.82, 2.24) is 19.7 Å². The molecule has 0 bridgehead atoms. The molecule has 0 unspecified atom stereocenters. The third kappa shape index (κ3) is 2.64. The Kier molecular flexibility index (Phi) is 4.02. The highest BCUT2D eigenvalue weighted by Gasteiger charge is 2.23. The Morgan fingerprint density at radius 2 is 2.20 bits per heavy atom. The Balaban J connectivity index is 2.25. The molecule has 0 radical (unpaired) electrons. The molecule has 2 N–H and O–H groups in total. The van der Waals surface area contributed by atoms with Gasteiger partial charge in [0.15, 0.2) is 0 Å². The van der Waals surface area contributed by atoms with Gasteiger partial charge in [-0.25, -0.2) is 0 Å². The van der Waals surface area contributed by atoms with Gasteiger partial charge in [0, 0.05) is 19.8 Å². The van der Waals surface area contributed by atoms with E-state index < -0.39 is 0 Å². The molecule has 0 spiro atoms. The average molecular weight is 273 g/mol. The molecule has 20 heavy (non-hydrogen) atoms. The quantitative estimate of drug-likeness (QED) is 0.912. The summed E-state index contributed by atoms with van der Waals surface area (Å²) in [5.74, 6) is -0.126. The van der Waals surface area contributed by atoms with E-state index in [1.54, 1.807) is 25.1 Å². The number of nitrogens with two attached hydrogens (primary N) is 1. The third-order valence-electron chi connectivity index (χ3n) is 3.22. The van der Waals surface area contributed by atoms with Gasteiger partial charge in [0.2, 0.25) is 0 Å². The molecule has 6 nitrogen and oxygen atoms in total. The molecule has 2 rings (SSSR count). The van der Waals surface area contributed by atoms with E-state index in [0.29, 0.717) is 30.2 Å². The normalized spacial score (nSPS) is 10.6. The molecule has 1 amide bonds. The first kappa shape index (κ1) is 14.0. The van der Waals surface area contributed by atoms with Crippen LogP contribution < -0.4 is 5.73 Å². The highest BCUT2D eigenvalue weighted by atomic mass is 16.2. The lowest BCUT2D eigenvalue weighted by molar-refractivity contribution is 0.0740. The van der Waals surface area contributed by atoms with Crippen molar-refractivity contribution in [3.63, 3.8) is 0 Å². The first-order valence-electron chi connectivity index (χ1n) is 6.52. The fourth-order valence-electron chi connectivity index (χ4n) is 2.09. The molecule has 0 saturated heterocycles. The monoisotopic (exact) mass is 273 g/mol. The molecule has 0 aliphatic carbocycles. The van der Waals surface area contributed by atoms with E-state index in [0.717, 1.165) is 5.69 Å². The maximum atomic E-state index is 12.6. The van der Waals surface area contributed by atoms with E-state index in [-0.39, 0.29) is 5.91 Å². The Morgan fingerprint density at radius 1 is 1.45 bits per heavy atom. The van der Waals surface area contributed by atoms with Crippen LogP contribution in [0.5, 0.6) is 0 Å². The zero-order valence-electron chi connectivity index (χ0n) is 12.0. The lowest BCUT2D eigenvalue weighted by Gasteiger charge is -2.20. The molecule has 2 aromatic rings. The molecule has 0 fully saturated rings. The van der Waals surface area contributed by atoms with E-state index in [9.17, 15) is 4.79 Å². The van der Waals surface area contributed by atoms with Gasteiger partial charge in [-0.3, -0.25) is 14.5 Å². The van der Waals surface area contributed by atoms with Crippen molar-refractivity contribution in [2.45, 2.75) is 20.4 Å². The second kappa shape index (κ2) is 5.73. The van der Waals surface area contributed by atoms with E-state index in [2.05, 4.69) is 10.1 Å². The third-order valence-corrected chi connectivity index (χ3v) is 3.22. The standard InChI is InChI=1S/C14H19N5O/c1-4-19(9-11-7-5-6-8-16-11)14(20)13-12(15)10(2)17-18(13)3/h5-8H,4,9,15H2,1-3H3. The van der Waals surface area contributed by atoms with E-state index in [4.69, 9.17) is 5.73 Å². The topological polar surface area (TPSA) is 77.0 Å². The number of aryl methyl sites for hydroxylation is 2. The van der Waals surface area contributed by atoms with Gasteiger partial charge >= 0.3 is 0 Å². The number of rotatable bonds is 4. The van der Waals surface area contributed by atoms with E-state index in [1.165, 1.54) is 4.68 Å². The Hall–Kier alpha value is -2.37. The number of hydrogen-bond donors (Lipinski definition) is 1. The minimum absolute atomic E-state index is 0.126. The lowest BCUT2D eigenvalue weighted by Crippen LogP contribution is -2.32. The van der Waals surface area contributed by atoms with Crippen LogP contribution in [0.15, 0.2) is 24.4 Å². The van der Waals surface area contributed by atoms with Gasteiger partial charge in [-0.2, -0.15) is 5.10 Å². The summed E-state index contributed by atoms with van der Waals surface area (Å²) in [7, 11) is 1.73. The fraction of sp³-hybridized carbons (Fsp3) is 0.357. The van der Waals surface area contributed by atoms with Crippen LogP contribution >= 0.6 is 0 Å². The molecule has 106 valence electrons. The number of aromatic nitrogens is 3.